The molecule has 7 nitrogen and oxygen atoms in total. The first kappa shape index (κ1) is 23.6. The predicted octanol–water partition coefficient (Wildman–Crippen LogP) is 2.75. The highest BCUT2D eigenvalue weighted by molar-refractivity contribution is 7.89. The lowest BCUT2D eigenvalue weighted by Crippen LogP contribution is -2.42. The number of benzene rings is 1. The third-order valence-corrected chi connectivity index (χ3v) is 6.65. The summed E-state index contributed by atoms with van der Waals surface area (Å²) in [4.78, 5) is 13.9. The van der Waals surface area contributed by atoms with Gasteiger partial charge in [0.05, 0.1) is 11.9 Å². The second-order valence-electron chi connectivity index (χ2n) is 8.79. The normalized spacial score (nSPS) is 17.2. The molecule has 1 heterocycles. The molecule has 1 atom stereocenters. The van der Waals surface area contributed by atoms with E-state index in [1.807, 2.05) is 44.2 Å². The van der Waals surface area contributed by atoms with Gasteiger partial charge in [0.1, 0.15) is 6.61 Å². The van der Waals surface area contributed by atoms with Crippen molar-refractivity contribution in [2.45, 2.75) is 52.7 Å². The number of nitrogens with zero attached hydrogens (tertiary/aromatic N) is 1. The quantitative estimate of drug-likeness (QED) is 0.633. The van der Waals surface area contributed by atoms with Gasteiger partial charge in [-0.1, -0.05) is 44.2 Å². The Bertz CT molecular complexity index is 742. The number of carbonyl (C=O) groups is 1. The number of sulfonamides is 1. The molecule has 0 aromatic heterocycles. The molecule has 1 aliphatic rings. The number of likely N-dealkylation sites (tertiary alicyclic amines) is 1. The predicted molar refractivity (Wildman–Crippen MR) is 113 cm³/mol. The second-order valence-corrected chi connectivity index (χ2v) is 10.6. The highest BCUT2D eigenvalue weighted by atomic mass is 32.2. The van der Waals surface area contributed by atoms with E-state index in [1.54, 1.807) is 11.8 Å². The molecule has 1 amide bonds. The fraction of sp³-hybridized carbons (Fsp3) is 0.667. The van der Waals surface area contributed by atoms with Gasteiger partial charge in [0.15, 0.2) is 0 Å². The van der Waals surface area contributed by atoms with Gasteiger partial charge >= 0.3 is 6.09 Å². The van der Waals surface area contributed by atoms with Gasteiger partial charge in [0.2, 0.25) is 10.0 Å². The summed E-state index contributed by atoms with van der Waals surface area (Å²) in [5.41, 5.74) is 0.624. The first-order chi connectivity index (χ1) is 13.6. The third-order valence-electron chi connectivity index (χ3n) is 5.15. The molecule has 1 fully saturated rings. The molecule has 1 aromatic carbocycles. The molecule has 1 aliphatic heterocycles. The highest BCUT2D eigenvalue weighted by Gasteiger charge is 2.29. The number of amides is 1. The van der Waals surface area contributed by atoms with Crippen LogP contribution in [-0.4, -0.2) is 56.0 Å². The fourth-order valence-corrected chi connectivity index (χ4v) is 5.32. The minimum atomic E-state index is -3.40. The molecule has 0 saturated carbocycles. The van der Waals surface area contributed by atoms with Crippen molar-refractivity contribution in [3.8, 4) is 0 Å². The zero-order chi connectivity index (χ0) is 21.5. The summed E-state index contributed by atoms with van der Waals surface area (Å²) in [6.07, 6.45) is 0.976. The summed E-state index contributed by atoms with van der Waals surface area (Å²) < 4.78 is 32.9. The Hall–Kier alpha value is -1.64. The standard InChI is InChI=1S/C21H34N2O5S/c1-17(24)13-21(2,3)16-22-29(26,27)15-19-9-11-23(12-10-19)20(25)28-14-18-7-5-4-6-8-18/h4-8,17,19,22,24H,9-16H2,1-3H3/t17-/m0/s1. The first-order valence-electron chi connectivity index (χ1n) is 10.2. The molecule has 0 aliphatic carbocycles. The van der Waals surface area contributed by atoms with Gasteiger partial charge in [-0.15, -0.1) is 0 Å². The van der Waals surface area contributed by atoms with Gasteiger partial charge in [-0.3, -0.25) is 0 Å². The maximum atomic E-state index is 12.4. The minimum absolute atomic E-state index is 0.0190. The summed E-state index contributed by atoms with van der Waals surface area (Å²) in [5.74, 6) is 0.0792. The molecule has 8 heteroatoms. The topological polar surface area (TPSA) is 95.9 Å². The van der Waals surface area contributed by atoms with Gasteiger partial charge in [0.25, 0.3) is 0 Å². The van der Waals surface area contributed by atoms with E-state index in [0.29, 0.717) is 38.9 Å². The van der Waals surface area contributed by atoms with Crippen LogP contribution >= 0.6 is 0 Å². The number of aliphatic hydroxyl groups is 1. The van der Waals surface area contributed by atoms with Crippen LogP contribution in [0.5, 0.6) is 0 Å². The molecule has 1 aromatic rings. The largest absolute Gasteiger partial charge is 0.445 e. The molecular weight excluding hydrogens is 392 g/mol. The minimum Gasteiger partial charge on any atom is -0.445 e. The monoisotopic (exact) mass is 426 g/mol. The van der Waals surface area contributed by atoms with Crippen molar-refractivity contribution in [1.82, 2.24) is 9.62 Å². The van der Waals surface area contributed by atoms with E-state index in [0.717, 1.165) is 5.56 Å². The summed E-state index contributed by atoms with van der Waals surface area (Å²) >= 11 is 0. The molecular formula is C21H34N2O5S. The van der Waals surface area contributed by atoms with Crippen LogP contribution in [0.2, 0.25) is 0 Å². The van der Waals surface area contributed by atoms with Crippen LogP contribution in [0.1, 0.15) is 45.6 Å². The Kier molecular flexibility index (Phi) is 8.48. The average molecular weight is 427 g/mol. The Morgan fingerprint density at radius 3 is 2.48 bits per heavy atom. The number of ether oxygens (including phenoxy) is 1. The van der Waals surface area contributed by atoms with Crippen LogP contribution in [0.15, 0.2) is 30.3 Å². The van der Waals surface area contributed by atoms with Crippen molar-refractivity contribution in [2.24, 2.45) is 11.3 Å². The van der Waals surface area contributed by atoms with Crippen molar-refractivity contribution in [1.29, 1.82) is 0 Å². The maximum absolute atomic E-state index is 12.4. The molecule has 0 unspecified atom stereocenters. The fourth-order valence-electron chi connectivity index (χ4n) is 3.64. The molecule has 29 heavy (non-hydrogen) atoms. The van der Waals surface area contributed by atoms with Gasteiger partial charge in [-0.25, -0.2) is 17.9 Å². The Labute approximate surface area is 174 Å². The maximum Gasteiger partial charge on any atom is 0.410 e. The number of aliphatic hydroxyl groups excluding tert-OH is 1. The summed E-state index contributed by atoms with van der Waals surface area (Å²) in [7, 11) is -3.40. The number of hydrogen-bond acceptors (Lipinski definition) is 5. The van der Waals surface area contributed by atoms with E-state index in [1.165, 1.54) is 0 Å². The van der Waals surface area contributed by atoms with Gasteiger partial charge in [-0.2, -0.15) is 0 Å². The van der Waals surface area contributed by atoms with Crippen molar-refractivity contribution in [3.05, 3.63) is 35.9 Å². The van der Waals surface area contributed by atoms with Crippen molar-refractivity contribution >= 4 is 16.1 Å². The van der Waals surface area contributed by atoms with Crippen LogP contribution in [0.3, 0.4) is 0 Å². The summed E-state index contributed by atoms with van der Waals surface area (Å²) in [6, 6.07) is 9.51. The first-order valence-corrected chi connectivity index (χ1v) is 11.8. The van der Waals surface area contributed by atoms with E-state index in [-0.39, 0.29) is 29.8 Å². The molecule has 0 spiro atoms. The lowest BCUT2D eigenvalue weighted by Gasteiger charge is -2.31. The van der Waals surface area contributed by atoms with E-state index in [4.69, 9.17) is 4.74 Å². The lowest BCUT2D eigenvalue weighted by molar-refractivity contribution is 0.0839. The molecule has 0 bridgehead atoms. The Morgan fingerprint density at radius 1 is 1.28 bits per heavy atom. The number of rotatable bonds is 9. The average Bonchev–Trinajstić information content (AvgIpc) is 2.65. The molecule has 1 saturated heterocycles. The van der Waals surface area contributed by atoms with Crippen molar-refractivity contribution < 1.29 is 23.1 Å². The second kappa shape index (κ2) is 10.4. The zero-order valence-electron chi connectivity index (χ0n) is 17.6. The summed E-state index contributed by atoms with van der Waals surface area (Å²) in [6.45, 7) is 7.10. The molecule has 0 radical (unpaired) electrons. The smallest absolute Gasteiger partial charge is 0.410 e. The van der Waals surface area contributed by atoms with Gasteiger partial charge in [0, 0.05) is 19.6 Å². The van der Waals surface area contributed by atoms with Crippen LogP contribution in [-0.2, 0) is 21.4 Å². The number of piperidine rings is 1. The lowest BCUT2D eigenvalue weighted by atomic mass is 9.87. The molecule has 164 valence electrons. The van der Waals surface area contributed by atoms with Gasteiger partial charge < -0.3 is 14.7 Å². The van der Waals surface area contributed by atoms with Crippen LogP contribution in [0.4, 0.5) is 4.79 Å². The molecule has 2 N–H and O–H groups in total. The van der Waals surface area contributed by atoms with E-state index in [2.05, 4.69) is 4.72 Å². The molecule has 2 rings (SSSR count). The summed E-state index contributed by atoms with van der Waals surface area (Å²) in [5, 5.41) is 9.53. The number of nitrogens with one attached hydrogen (secondary N) is 1. The van der Waals surface area contributed by atoms with Crippen molar-refractivity contribution in [2.75, 3.05) is 25.4 Å². The third kappa shape index (κ3) is 8.72. The van der Waals surface area contributed by atoms with Crippen LogP contribution in [0, 0.1) is 11.3 Å². The van der Waals surface area contributed by atoms with Crippen LogP contribution in [0.25, 0.3) is 0 Å². The van der Waals surface area contributed by atoms with E-state index < -0.39 is 16.1 Å². The number of hydrogen-bond donors (Lipinski definition) is 2. The Balaban J connectivity index is 1.73. The zero-order valence-corrected chi connectivity index (χ0v) is 18.5. The Morgan fingerprint density at radius 2 is 1.90 bits per heavy atom. The van der Waals surface area contributed by atoms with Crippen LogP contribution < -0.4 is 4.72 Å². The SMILES string of the molecule is C[C@H](O)CC(C)(C)CNS(=O)(=O)CC1CCN(C(=O)OCc2ccccc2)CC1. The highest BCUT2D eigenvalue weighted by Crippen LogP contribution is 2.23. The van der Waals surface area contributed by atoms with Crippen molar-refractivity contribution in [3.63, 3.8) is 0 Å². The van der Waals surface area contributed by atoms with E-state index in [9.17, 15) is 18.3 Å². The van der Waals surface area contributed by atoms with E-state index >= 15 is 0 Å². The number of carbonyl (C=O) groups excluding carboxylic acids is 1. The van der Waals surface area contributed by atoms with Gasteiger partial charge in [-0.05, 0) is 43.1 Å².